The zero-order chi connectivity index (χ0) is 32.0. The first kappa shape index (κ1) is 34.6. The molecular weight excluding hydrogens is 773 g/mol. The van der Waals surface area contributed by atoms with Gasteiger partial charge in [-0.25, -0.2) is 21.8 Å². The van der Waals surface area contributed by atoms with Gasteiger partial charge in [-0.1, -0.05) is 81.7 Å². The number of hydrogen-bond acceptors (Lipinski definition) is 8. The van der Waals surface area contributed by atoms with Crippen LogP contribution in [0.1, 0.15) is 22.3 Å². The number of hydrogen-bond donors (Lipinski definition) is 1. The zero-order valence-corrected chi connectivity index (χ0v) is 28.8. The second-order valence-electron chi connectivity index (χ2n) is 9.06. The Kier molecular flexibility index (Phi) is 10.3. The van der Waals surface area contributed by atoms with Crippen LogP contribution in [0.25, 0.3) is 0 Å². The van der Waals surface area contributed by atoms with E-state index in [-0.39, 0.29) is 41.1 Å². The van der Waals surface area contributed by atoms with E-state index < -0.39 is 38.5 Å². The molecular formula is C23H17Cl7N4O6S3. The second-order valence-corrected chi connectivity index (χ2v) is 18.8. The Bertz CT molecular complexity index is 1780. The highest BCUT2D eigenvalue weighted by atomic mass is 35.7. The molecule has 232 valence electrons. The number of carbonyl (C=O) groups is 2. The van der Waals surface area contributed by atoms with Crippen molar-refractivity contribution in [3.8, 4) is 0 Å². The molecule has 2 aliphatic heterocycles. The minimum absolute atomic E-state index is 0.0175. The number of anilines is 1. The Morgan fingerprint density at radius 1 is 0.744 bits per heavy atom. The van der Waals surface area contributed by atoms with Gasteiger partial charge >= 0.3 is 0 Å². The lowest BCUT2D eigenvalue weighted by Gasteiger charge is -2.20. The summed E-state index contributed by atoms with van der Waals surface area (Å²) in [5, 5.41) is 1.95. The molecule has 0 aliphatic carbocycles. The molecule has 0 fully saturated rings. The zero-order valence-electron chi connectivity index (χ0n) is 21.1. The van der Waals surface area contributed by atoms with Crippen molar-refractivity contribution < 1.29 is 26.4 Å². The molecule has 2 aromatic carbocycles. The monoisotopic (exact) mass is 786 g/mol. The maximum Gasteiger partial charge on any atom is 0.275 e. The average molecular weight is 790 g/mol. The highest BCUT2D eigenvalue weighted by molar-refractivity contribution is 8.13. The number of carbonyl (C=O) groups excluding carboxylic acids is 2. The first-order chi connectivity index (χ1) is 19.8. The molecule has 0 spiro atoms. The summed E-state index contributed by atoms with van der Waals surface area (Å²) in [7, 11) is -2.29. The van der Waals surface area contributed by atoms with Crippen LogP contribution in [0.5, 0.6) is 0 Å². The van der Waals surface area contributed by atoms with Gasteiger partial charge in [0.25, 0.3) is 38.5 Å². The van der Waals surface area contributed by atoms with Crippen molar-refractivity contribution in [1.82, 2.24) is 14.8 Å². The lowest BCUT2D eigenvalue weighted by molar-refractivity contribution is -0.131. The van der Waals surface area contributed by atoms with Crippen molar-refractivity contribution in [2.24, 2.45) is 0 Å². The summed E-state index contributed by atoms with van der Waals surface area (Å²) in [5.74, 6) is -1.29. The predicted octanol–water partition coefficient (Wildman–Crippen LogP) is 5.98. The van der Waals surface area contributed by atoms with Crippen LogP contribution in [0.2, 0.25) is 0 Å². The summed E-state index contributed by atoms with van der Waals surface area (Å²) >= 11 is 34.6. The fourth-order valence-corrected chi connectivity index (χ4v) is 7.51. The minimum atomic E-state index is -3.80. The van der Waals surface area contributed by atoms with Gasteiger partial charge in [0.1, 0.15) is 0 Å². The first-order valence-electron chi connectivity index (χ1n) is 11.6. The summed E-state index contributed by atoms with van der Waals surface area (Å²) in [5.41, 5.74) is 2.97. The Labute approximate surface area is 285 Å². The molecule has 0 radical (unpaired) electrons. The quantitative estimate of drug-likeness (QED) is 0.254. The van der Waals surface area contributed by atoms with E-state index >= 15 is 0 Å². The molecule has 2 aliphatic rings. The Hall–Kier alpha value is -1.26. The van der Waals surface area contributed by atoms with E-state index in [0.717, 1.165) is 11.1 Å². The van der Waals surface area contributed by atoms with Gasteiger partial charge < -0.3 is 9.80 Å². The molecule has 5 rings (SSSR count). The molecule has 0 saturated heterocycles. The van der Waals surface area contributed by atoms with Gasteiger partial charge in [-0.3, -0.25) is 14.3 Å². The van der Waals surface area contributed by atoms with Crippen LogP contribution < -0.4 is 4.72 Å². The molecule has 3 heterocycles. The molecule has 1 aromatic heterocycles. The maximum atomic E-state index is 12.4. The van der Waals surface area contributed by atoms with Crippen LogP contribution in [0, 0.1) is 0 Å². The fourth-order valence-electron chi connectivity index (χ4n) is 4.15. The molecule has 0 saturated carbocycles. The minimum Gasteiger partial charge on any atom is -0.330 e. The number of thiazole rings is 1. The summed E-state index contributed by atoms with van der Waals surface area (Å²) in [6.45, 7) is 0.901. The third kappa shape index (κ3) is 8.51. The van der Waals surface area contributed by atoms with Gasteiger partial charge in [-0.05, 0) is 46.5 Å². The number of alkyl halides is 6. The number of aromatic nitrogens is 1. The van der Waals surface area contributed by atoms with E-state index in [1.54, 1.807) is 17.5 Å². The highest BCUT2D eigenvalue weighted by Gasteiger charge is 2.39. The number of nitrogens with zero attached hydrogens (tertiary/aromatic N) is 3. The summed E-state index contributed by atoms with van der Waals surface area (Å²) < 4.78 is 45.6. The molecule has 1 N–H and O–H groups in total. The van der Waals surface area contributed by atoms with Crippen molar-refractivity contribution in [2.75, 3.05) is 4.72 Å². The average Bonchev–Trinajstić information content (AvgIpc) is 3.64. The van der Waals surface area contributed by atoms with Crippen molar-refractivity contribution >= 4 is 128 Å². The number of nitrogens with one attached hydrogen (secondary N) is 1. The van der Waals surface area contributed by atoms with Crippen LogP contribution in [0.3, 0.4) is 0 Å². The Morgan fingerprint density at radius 2 is 1.19 bits per heavy atom. The van der Waals surface area contributed by atoms with Crippen molar-refractivity contribution in [2.45, 2.75) is 43.6 Å². The Morgan fingerprint density at radius 3 is 1.60 bits per heavy atom. The second kappa shape index (κ2) is 12.9. The topological polar surface area (TPSA) is 134 Å². The normalized spacial score (nSPS) is 15.0. The molecule has 2 amide bonds. The molecule has 43 heavy (non-hydrogen) atoms. The third-order valence-corrected chi connectivity index (χ3v) is 10.6. The Balaban J connectivity index is 0.000000203. The van der Waals surface area contributed by atoms with Gasteiger partial charge in [-0.2, -0.15) is 0 Å². The number of halogens is 7. The highest BCUT2D eigenvalue weighted by Crippen LogP contribution is 2.35. The first-order valence-corrected chi connectivity index (χ1v) is 18.5. The standard InChI is InChI=1S/C13H10Cl3N3O3S2.C10H7Cl4NO3S/c14-13(15,16)11(20)19-6-8-1-2-10(5-9(8)7-19)24(21,22)18-12-17-3-4-23-12;11-10(12,13)9(16)15-4-6-1-2-8(19(14,17)18)3-7(6)5-15/h1-5H,6-7H2,(H,17,18);1-3H,4-5H2. The smallest absolute Gasteiger partial charge is 0.275 e. The molecule has 20 heteroatoms. The van der Waals surface area contributed by atoms with Crippen molar-refractivity contribution in [3.05, 3.63) is 70.2 Å². The summed E-state index contributed by atoms with van der Waals surface area (Å²) in [4.78, 5) is 30.5. The van der Waals surface area contributed by atoms with Gasteiger partial charge in [0.05, 0.1) is 9.79 Å². The van der Waals surface area contributed by atoms with Gasteiger partial charge in [0, 0.05) is 48.4 Å². The van der Waals surface area contributed by atoms with E-state index in [1.165, 1.54) is 51.6 Å². The lowest BCUT2D eigenvalue weighted by atomic mass is 10.1. The molecule has 0 atom stereocenters. The predicted molar refractivity (Wildman–Crippen MR) is 168 cm³/mol. The number of sulfonamides is 1. The van der Waals surface area contributed by atoms with E-state index in [0.29, 0.717) is 11.1 Å². The van der Waals surface area contributed by atoms with E-state index in [4.69, 9.17) is 80.3 Å². The number of amides is 2. The van der Waals surface area contributed by atoms with Crippen LogP contribution in [-0.2, 0) is 54.8 Å². The summed E-state index contributed by atoms with van der Waals surface area (Å²) in [6, 6.07) is 9.02. The molecule has 3 aromatic rings. The largest absolute Gasteiger partial charge is 0.330 e. The number of fused-ring (bicyclic) bond motifs is 2. The van der Waals surface area contributed by atoms with E-state index in [2.05, 4.69) is 9.71 Å². The summed E-state index contributed by atoms with van der Waals surface area (Å²) in [6.07, 6.45) is 1.51. The lowest BCUT2D eigenvalue weighted by Crippen LogP contribution is -2.35. The van der Waals surface area contributed by atoms with Crippen LogP contribution >= 0.6 is 91.6 Å². The molecule has 0 unspecified atom stereocenters. The van der Waals surface area contributed by atoms with Crippen LogP contribution in [0.15, 0.2) is 57.8 Å². The van der Waals surface area contributed by atoms with Gasteiger partial charge in [-0.15, -0.1) is 11.3 Å². The van der Waals surface area contributed by atoms with Crippen LogP contribution in [-0.4, -0.2) is 51.0 Å². The SMILES string of the molecule is O=C(N1Cc2ccc(S(=O)(=O)Cl)cc2C1)C(Cl)(Cl)Cl.O=C(N1Cc2ccc(S(=O)(=O)Nc3nccs3)cc2C1)C(Cl)(Cl)Cl. The maximum absolute atomic E-state index is 12.4. The van der Waals surface area contributed by atoms with Crippen molar-refractivity contribution in [3.63, 3.8) is 0 Å². The van der Waals surface area contributed by atoms with Crippen LogP contribution in [0.4, 0.5) is 5.13 Å². The van der Waals surface area contributed by atoms with Gasteiger partial charge in [0.15, 0.2) is 5.13 Å². The van der Waals surface area contributed by atoms with Gasteiger partial charge in [0.2, 0.25) is 0 Å². The third-order valence-electron chi connectivity index (χ3n) is 6.11. The molecule has 0 bridgehead atoms. The number of benzene rings is 2. The van der Waals surface area contributed by atoms with Crippen molar-refractivity contribution in [1.29, 1.82) is 0 Å². The fraction of sp³-hybridized carbons (Fsp3) is 0.261. The number of rotatable bonds is 4. The van der Waals surface area contributed by atoms with E-state index in [9.17, 15) is 26.4 Å². The van der Waals surface area contributed by atoms with E-state index in [1.807, 2.05) is 0 Å². The molecule has 10 nitrogen and oxygen atoms in total.